The van der Waals surface area contributed by atoms with Gasteiger partial charge >= 0.3 is 11.8 Å². The van der Waals surface area contributed by atoms with Crippen LogP contribution in [0, 0.1) is 13.8 Å². The number of carbonyl (C=O) groups is 2. The largest absolute Gasteiger partial charge is 0.347 e. The van der Waals surface area contributed by atoms with Crippen LogP contribution >= 0.6 is 0 Å². The molecule has 2 aromatic rings. The molecule has 0 unspecified atom stereocenters. The van der Waals surface area contributed by atoms with Gasteiger partial charge in [-0.2, -0.15) is 0 Å². The number of amides is 2. The number of carbonyl (C=O) groups excluding carboxylic acids is 2. The van der Waals surface area contributed by atoms with Crippen LogP contribution in [0.5, 0.6) is 0 Å². The van der Waals surface area contributed by atoms with Gasteiger partial charge in [0.25, 0.3) is 0 Å². The lowest BCUT2D eigenvalue weighted by Gasteiger charge is -2.10. The zero-order chi connectivity index (χ0) is 19.3. The molecule has 2 aromatic carbocycles. The van der Waals surface area contributed by atoms with Crippen molar-refractivity contribution in [1.82, 2.24) is 5.32 Å². The molecule has 0 aromatic heterocycles. The predicted molar refractivity (Wildman–Crippen MR) is 99.1 cm³/mol. The van der Waals surface area contributed by atoms with E-state index < -0.39 is 21.8 Å². The summed E-state index contributed by atoms with van der Waals surface area (Å²) in [7, 11) is -3.72. The number of rotatable bonds is 5. The maximum atomic E-state index is 12.0. The van der Waals surface area contributed by atoms with Gasteiger partial charge in [0.15, 0.2) is 0 Å². The van der Waals surface area contributed by atoms with Gasteiger partial charge in [-0.1, -0.05) is 24.3 Å². The first-order valence-corrected chi connectivity index (χ1v) is 9.49. The molecule has 0 aliphatic carbocycles. The van der Waals surface area contributed by atoms with Crippen LogP contribution in [0.2, 0.25) is 0 Å². The number of sulfonamides is 1. The first-order chi connectivity index (χ1) is 12.2. The summed E-state index contributed by atoms with van der Waals surface area (Å²) in [6.07, 6.45) is 0.452. The van der Waals surface area contributed by atoms with Gasteiger partial charge in [-0.05, 0) is 55.2 Å². The van der Waals surface area contributed by atoms with Crippen molar-refractivity contribution >= 4 is 27.5 Å². The van der Waals surface area contributed by atoms with Crippen LogP contribution in [0.3, 0.4) is 0 Å². The van der Waals surface area contributed by atoms with Gasteiger partial charge in [0.05, 0.1) is 4.90 Å². The minimum absolute atomic E-state index is 0.0261. The predicted octanol–water partition coefficient (Wildman–Crippen LogP) is 1.25. The molecule has 2 amide bonds. The number of primary sulfonamides is 1. The number of aryl methyl sites for hydroxylation is 2. The van der Waals surface area contributed by atoms with Crippen molar-refractivity contribution in [1.29, 1.82) is 0 Å². The standard InChI is InChI=1S/C18H21N3O4S/c1-12-3-4-13(2)16(11-12)21-18(23)17(22)20-10-9-14-5-7-15(8-6-14)26(19,24)25/h3-8,11H,9-10H2,1-2H3,(H,20,22)(H,21,23)(H2,19,24,25). The Hall–Kier alpha value is -2.71. The summed E-state index contributed by atoms with van der Waals surface area (Å²) >= 11 is 0. The average molecular weight is 375 g/mol. The van der Waals surface area contributed by atoms with E-state index in [1.165, 1.54) is 12.1 Å². The molecule has 0 fully saturated rings. The summed E-state index contributed by atoms with van der Waals surface area (Å²) in [5, 5.41) is 10.2. The van der Waals surface area contributed by atoms with E-state index >= 15 is 0 Å². The fraction of sp³-hybridized carbons (Fsp3) is 0.222. The van der Waals surface area contributed by atoms with E-state index in [4.69, 9.17) is 5.14 Å². The van der Waals surface area contributed by atoms with Gasteiger partial charge in [-0.15, -0.1) is 0 Å². The van der Waals surface area contributed by atoms with Crippen LogP contribution in [0.15, 0.2) is 47.4 Å². The van der Waals surface area contributed by atoms with E-state index in [-0.39, 0.29) is 11.4 Å². The van der Waals surface area contributed by atoms with E-state index in [1.807, 2.05) is 26.0 Å². The highest BCUT2D eigenvalue weighted by Crippen LogP contribution is 2.16. The third kappa shape index (κ3) is 5.40. The van der Waals surface area contributed by atoms with Crippen LogP contribution in [0.4, 0.5) is 5.69 Å². The van der Waals surface area contributed by atoms with Crippen LogP contribution in [0.1, 0.15) is 16.7 Å². The summed E-state index contributed by atoms with van der Waals surface area (Å²) in [4.78, 5) is 23.9. The molecule has 26 heavy (non-hydrogen) atoms. The maximum absolute atomic E-state index is 12.0. The molecule has 0 heterocycles. The molecule has 0 aliphatic heterocycles. The third-order valence-corrected chi connectivity index (χ3v) is 4.73. The lowest BCUT2D eigenvalue weighted by Crippen LogP contribution is -2.36. The molecular weight excluding hydrogens is 354 g/mol. The van der Waals surface area contributed by atoms with Crippen molar-refractivity contribution in [2.24, 2.45) is 5.14 Å². The van der Waals surface area contributed by atoms with E-state index in [9.17, 15) is 18.0 Å². The Labute approximate surface area is 152 Å². The molecule has 138 valence electrons. The van der Waals surface area contributed by atoms with Crippen molar-refractivity contribution in [2.75, 3.05) is 11.9 Å². The Kier molecular flexibility index (Phi) is 6.12. The molecule has 0 aliphatic rings. The number of hydrogen-bond acceptors (Lipinski definition) is 4. The SMILES string of the molecule is Cc1ccc(C)c(NC(=O)C(=O)NCCc2ccc(S(N)(=O)=O)cc2)c1. The number of anilines is 1. The van der Waals surface area contributed by atoms with Gasteiger partial charge in [0.2, 0.25) is 10.0 Å². The minimum atomic E-state index is -3.72. The van der Waals surface area contributed by atoms with E-state index in [0.717, 1.165) is 16.7 Å². The second-order valence-electron chi connectivity index (χ2n) is 5.97. The number of hydrogen-bond donors (Lipinski definition) is 3. The van der Waals surface area contributed by atoms with Crippen molar-refractivity contribution < 1.29 is 18.0 Å². The van der Waals surface area contributed by atoms with Crippen molar-refractivity contribution in [3.05, 3.63) is 59.2 Å². The maximum Gasteiger partial charge on any atom is 0.313 e. The highest BCUT2D eigenvalue weighted by molar-refractivity contribution is 7.89. The van der Waals surface area contributed by atoms with Gasteiger partial charge in [-0.3, -0.25) is 9.59 Å². The molecule has 0 atom stereocenters. The molecule has 0 saturated heterocycles. The number of benzene rings is 2. The van der Waals surface area contributed by atoms with Crippen molar-refractivity contribution in [3.63, 3.8) is 0 Å². The van der Waals surface area contributed by atoms with Crippen LogP contribution in [0.25, 0.3) is 0 Å². The molecular formula is C18H21N3O4S. The Bertz CT molecular complexity index is 922. The molecule has 0 bridgehead atoms. The highest BCUT2D eigenvalue weighted by Gasteiger charge is 2.14. The molecule has 4 N–H and O–H groups in total. The summed E-state index contributed by atoms with van der Waals surface area (Å²) in [5.41, 5.74) is 3.26. The molecule has 0 radical (unpaired) electrons. The molecule has 7 nitrogen and oxygen atoms in total. The lowest BCUT2D eigenvalue weighted by molar-refractivity contribution is -0.136. The zero-order valence-corrected chi connectivity index (χ0v) is 15.4. The smallest absolute Gasteiger partial charge is 0.313 e. The topological polar surface area (TPSA) is 118 Å². The average Bonchev–Trinajstić information content (AvgIpc) is 2.57. The van der Waals surface area contributed by atoms with Crippen molar-refractivity contribution in [3.8, 4) is 0 Å². The molecule has 0 saturated carbocycles. The van der Waals surface area contributed by atoms with E-state index in [0.29, 0.717) is 12.1 Å². The Morgan fingerprint density at radius 1 is 1.00 bits per heavy atom. The van der Waals surface area contributed by atoms with E-state index in [1.54, 1.807) is 18.2 Å². The zero-order valence-electron chi connectivity index (χ0n) is 14.6. The highest BCUT2D eigenvalue weighted by atomic mass is 32.2. The summed E-state index contributed by atoms with van der Waals surface area (Å²) in [5.74, 6) is -1.46. The Balaban J connectivity index is 1.86. The Morgan fingerprint density at radius 3 is 2.27 bits per heavy atom. The number of nitrogens with two attached hydrogens (primary N) is 1. The molecule has 2 rings (SSSR count). The van der Waals surface area contributed by atoms with Crippen molar-refractivity contribution in [2.45, 2.75) is 25.2 Å². The monoisotopic (exact) mass is 375 g/mol. The fourth-order valence-corrected chi connectivity index (χ4v) is 2.81. The summed E-state index contributed by atoms with van der Waals surface area (Å²) in [6.45, 7) is 3.99. The quantitative estimate of drug-likeness (QED) is 0.682. The van der Waals surface area contributed by atoms with Gasteiger partial charge in [-0.25, -0.2) is 13.6 Å². The molecule has 8 heteroatoms. The van der Waals surface area contributed by atoms with Gasteiger partial charge < -0.3 is 10.6 Å². The second kappa shape index (κ2) is 8.11. The lowest BCUT2D eigenvalue weighted by atomic mass is 10.1. The van der Waals surface area contributed by atoms with Gasteiger partial charge in [0.1, 0.15) is 0 Å². The first-order valence-electron chi connectivity index (χ1n) is 7.95. The first kappa shape index (κ1) is 19.6. The van der Waals surface area contributed by atoms with Crippen LogP contribution in [-0.2, 0) is 26.0 Å². The Morgan fingerprint density at radius 2 is 1.65 bits per heavy atom. The minimum Gasteiger partial charge on any atom is -0.347 e. The van der Waals surface area contributed by atoms with Gasteiger partial charge in [0, 0.05) is 12.2 Å². The summed E-state index contributed by atoms with van der Waals surface area (Å²) < 4.78 is 22.4. The number of nitrogens with one attached hydrogen (secondary N) is 2. The normalized spacial score (nSPS) is 11.0. The van der Waals surface area contributed by atoms with E-state index in [2.05, 4.69) is 10.6 Å². The summed E-state index contributed by atoms with van der Waals surface area (Å²) in [6, 6.07) is 11.6. The van der Waals surface area contributed by atoms with Crippen LogP contribution < -0.4 is 15.8 Å². The molecule has 0 spiro atoms. The third-order valence-electron chi connectivity index (χ3n) is 3.80. The van der Waals surface area contributed by atoms with Crippen LogP contribution in [-0.4, -0.2) is 26.8 Å². The second-order valence-corrected chi connectivity index (χ2v) is 7.53. The fourth-order valence-electron chi connectivity index (χ4n) is 2.30.